The minimum absolute atomic E-state index is 0.0121. The molecule has 186 valence electrons. The molecule has 4 aliphatic rings. The normalized spacial score (nSPS) is 52.4. The van der Waals surface area contributed by atoms with Crippen LogP contribution in [-0.4, -0.2) is 72.7 Å². The zero-order valence-electron chi connectivity index (χ0n) is 19.3. The Kier molecular flexibility index (Phi) is 5.64. The van der Waals surface area contributed by atoms with Crippen molar-refractivity contribution in [2.45, 2.75) is 95.3 Å². The molecule has 4 rings (SSSR count). The van der Waals surface area contributed by atoms with Crippen LogP contribution >= 0.6 is 0 Å². The van der Waals surface area contributed by atoms with Gasteiger partial charge in [-0.3, -0.25) is 14.4 Å². The summed E-state index contributed by atoms with van der Waals surface area (Å²) in [6.07, 6.45) is -5.12. The zero-order chi connectivity index (χ0) is 24.7. The third-order valence-electron chi connectivity index (χ3n) is 10.2. The molecule has 4 saturated carbocycles. The summed E-state index contributed by atoms with van der Waals surface area (Å²) >= 11 is 0. The van der Waals surface area contributed by atoms with E-state index < -0.39 is 76.3 Å². The number of carboxylic acids is 1. The highest BCUT2D eigenvalue weighted by Crippen LogP contribution is 2.70. The molecule has 0 radical (unpaired) electrons. The minimum atomic E-state index is -2.08. The van der Waals surface area contributed by atoms with Gasteiger partial charge in [0, 0.05) is 23.7 Å². The number of carbonyl (C=O) groups is 3. The number of carboxylic acid groups (broad SMARTS) is 1. The average molecular weight is 471 g/mol. The predicted molar refractivity (Wildman–Crippen MR) is 113 cm³/mol. The largest absolute Gasteiger partial charge is 0.481 e. The van der Waals surface area contributed by atoms with Crippen molar-refractivity contribution in [3.63, 3.8) is 0 Å². The van der Waals surface area contributed by atoms with E-state index in [1.165, 1.54) is 0 Å². The second-order valence-electron chi connectivity index (χ2n) is 11.6. The summed E-state index contributed by atoms with van der Waals surface area (Å²) in [5, 5.41) is 53.7. The van der Waals surface area contributed by atoms with E-state index in [9.17, 15) is 34.8 Å². The molecule has 0 heterocycles. The second kappa shape index (κ2) is 7.54. The van der Waals surface area contributed by atoms with E-state index >= 15 is 4.39 Å². The van der Waals surface area contributed by atoms with Crippen LogP contribution in [-0.2, 0) is 14.4 Å². The van der Waals surface area contributed by atoms with Gasteiger partial charge in [-0.05, 0) is 49.4 Å². The van der Waals surface area contributed by atoms with Gasteiger partial charge in [-0.15, -0.1) is 0 Å². The number of carbonyl (C=O) groups excluding carboxylic acids is 2. The molecule has 5 N–H and O–H groups in total. The number of ketones is 2. The molecule has 0 aliphatic heterocycles. The first-order chi connectivity index (χ1) is 15.1. The number of aliphatic carboxylic acids is 1. The van der Waals surface area contributed by atoms with Crippen molar-refractivity contribution in [1.82, 2.24) is 0 Å². The Bertz CT molecular complexity index is 879. The maximum atomic E-state index is 15.6. The van der Waals surface area contributed by atoms with Gasteiger partial charge >= 0.3 is 5.97 Å². The van der Waals surface area contributed by atoms with Gasteiger partial charge in [0.15, 0.2) is 5.78 Å². The van der Waals surface area contributed by atoms with Gasteiger partial charge in [0.05, 0.1) is 12.5 Å². The lowest BCUT2D eigenvalue weighted by atomic mass is 9.41. The highest BCUT2D eigenvalue weighted by atomic mass is 19.1. The fourth-order valence-corrected chi connectivity index (χ4v) is 8.52. The molecule has 0 aromatic carbocycles. The van der Waals surface area contributed by atoms with E-state index in [-0.39, 0.29) is 43.8 Å². The third kappa shape index (κ3) is 3.04. The Morgan fingerprint density at radius 2 is 1.82 bits per heavy atom. The van der Waals surface area contributed by atoms with Crippen molar-refractivity contribution in [2.24, 2.45) is 34.5 Å². The SMILES string of the molecule is C[C@H]1C[C@H]2[C@@H]3C[C@@H](F)[C@@]4(O)CC(=O)CC[C@]4(C)[C@H]3[C@H](O)C[C@]2(C)[C@@]1(O)C(=O)C(O)CC(=O)O. The summed E-state index contributed by atoms with van der Waals surface area (Å²) in [6, 6.07) is 0. The maximum absolute atomic E-state index is 15.6. The van der Waals surface area contributed by atoms with Crippen molar-refractivity contribution in [3.05, 3.63) is 0 Å². The maximum Gasteiger partial charge on any atom is 0.306 e. The molecule has 9 heteroatoms. The molecule has 4 aliphatic carbocycles. The van der Waals surface area contributed by atoms with Crippen molar-refractivity contribution in [1.29, 1.82) is 0 Å². The molecule has 0 aromatic heterocycles. The van der Waals surface area contributed by atoms with Crippen molar-refractivity contribution in [3.8, 4) is 0 Å². The Balaban J connectivity index is 1.75. The molecule has 0 amide bonds. The third-order valence-corrected chi connectivity index (χ3v) is 10.2. The fraction of sp³-hybridized carbons (Fsp3) is 0.875. The molecule has 0 bridgehead atoms. The summed E-state index contributed by atoms with van der Waals surface area (Å²) in [5.74, 6) is -4.55. The van der Waals surface area contributed by atoms with Gasteiger partial charge in [0.25, 0.3) is 0 Å². The van der Waals surface area contributed by atoms with Crippen LogP contribution in [0.2, 0.25) is 0 Å². The number of alkyl halides is 1. The first-order valence-electron chi connectivity index (χ1n) is 11.9. The molecule has 0 aromatic rings. The van der Waals surface area contributed by atoms with E-state index in [4.69, 9.17) is 5.11 Å². The minimum Gasteiger partial charge on any atom is -0.481 e. The van der Waals surface area contributed by atoms with Gasteiger partial charge < -0.3 is 25.5 Å². The summed E-state index contributed by atoms with van der Waals surface area (Å²) in [4.78, 5) is 36.3. The lowest BCUT2D eigenvalue weighted by molar-refractivity contribution is -0.262. The zero-order valence-corrected chi connectivity index (χ0v) is 19.3. The van der Waals surface area contributed by atoms with Crippen molar-refractivity contribution < 1.29 is 44.3 Å². The molecule has 4 fully saturated rings. The van der Waals surface area contributed by atoms with Crippen molar-refractivity contribution >= 4 is 17.5 Å². The van der Waals surface area contributed by atoms with Gasteiger partial charge in [0.1, 0.15) is 29.3 Å². The average Bonchev–Trinajstić information content (AvgIpc) is 2.90. The Morgan fingerprint density at radius 1 is 1.18 bits per heavy atom. The molecule has 1 unspecified atom stereocenters. The number of aliphatic hydroxyl groups excluding tert-OH is 2. The second-order valence-corrected chi connectivity index (χ2v) is 11.6. The smallest absolute Gasteiger partial charge is 0.306 e. The number of hydrogen-bond donors (Lipinski definition) is 5. The summed E-state index contributed by atoms with van der Waals surface area (Å²) < 4.78 is 15.6. The van der Waals surface area contributed by atoms with Crippen LogP contribution in [0.25, 0.3) is 0 Å². The van der Waals surface area contributed by atoms with Crippen LogP contribution in [0.3, 0.4) is 0 Å². The fourth-order valence-electron chi connectivity index (χ4n) is 8.52. The van der Waals surface area contributed by atoms with Gasteiger partial charge in [0.2, 0.25) is 0 Å². The monoisotopic (exact) mass is 470 g/mol. The van der Waals surface area contributed by atoms with Crippen LogP contribution in [0.15, 0.2) is 0 Å². The van der Waals surface area contributed by atoms with Crippen LogP contribution in [0.4, 0.5) is 4.39 Å². The molecule has 33 heavy (non-hydrogen) atoms. The quantitative estimate of drug-likeness (QED) is 0.408. The molecule has 11 atom stereocenters. The Labute approximate surface area is 192 Å². The predicted octanol–water partition coefficient (Wildman–Crippen LogP) is 1.01. The van der Waals surface area contributed by atoms with Gasteiger partial charge in [-0.25, -0.2) is 4.39 Å². The number of hydrogen-bond acceptors (Lipinski definition) is 7. The van der Waals surface area contributed by atoms with E-state index in [0.29, 0.717) is 6.42 Å². The summed E-state index contributed by atoms with van der Waals surface area (Å²) in [5.41, 5.74) is -6.20. The van der Waals surface area contributed by atoms with E-state index in [2.05, 4.69) is 0 Å². The van der Waals surface area contributed by atoms with Crippen LogP contribution < -0.4 is 0 Å². The van der Waals surface area contributed by atoms with Crippen LogP contribution in [0.5, 0.6) is 0 Å². The lowest BCUT2D eigenvalue weighted by Crippen LogP contribution is -2.71. The number of halogens is 1. The standard InChI is InChI=1S/C24H35FO8/c1-11-6-14-13-7-17(25)23(32)9-12(26)4-5-21(23,2)19(13)16(28)10-22(14,3)24(11,33)20(31)15(27)8-18(29)30/h11,13-17,19,27-28,32-33H,4-10H2,1-3H3,(H,29,30)/t11-,13-,14-,15?,16+,17+,19+,21+,22-,23-,24-/m0/s1. The topological polar surface area (TPSA) is 152 Å². The van der Waals surface area contributed by atoms with Crippen molar-refractivity contribution in [2.75, 3.05) is 0 Å². The number of aliphatic hydroxyl groups is 4. The lowest BCUT2D eigenvalue weighted by Gasteiger charge is -2.65. The number of rotatable bonds is 4. The highest BCUT2D eigenvalue weighted by molar-refractivity contribution is 5.94. The van der Waals surface area contributed by atoms with Crippen LogP contribution in [0, 0.1) is 34.5 Å². The highest BCUT2D eigenvalue weighted by Gasteiger charge is 2.74. The molecular weight excluding hydrogens is 435 g/mol. The molecular formula is C24H35FO8. The summed E-state index contributed by atoms with van der Waals surface area (Å²) in [6.45, 7) is 5.05. The van der Waals surface area contributed by atoms with E-state index in [1.54, 1.807) is 20.8 Å². The number of fused-ring (bicyclic) bond motifs is 5. The summed E-state index contributed by atoms with van der Waals surface area (Å²) in [7, 11) is 0. The first kappa shape index (κ1) is 24.7. The van der Waals surface area contributed by atoms with Gasteiger partial charge in [-0.2, -0.15) is 0 Å². The first-order valence-corrected chi connectivity index (χ1v) is 11.9. The number of Topliss-reactive ketones (excluding diaryl/α,β-unsaturated/α-hetero) is 2. The molecule has 0 saturated heterocycles. The van der Waals surface area contributed by atoms with Crippen LogP contribution in [0.1, 0.15) is 65.7 Å². The Morgan fingerprint density at radius 3 is 2.42 bits per heavy atom. The molecule has 8 nitrogen and oxygen atoms in total. The van der Waals surface area contributed by atoms with Gasteiger partial charge in [-0.1, -0.05) is 20.8 Å². The van der Waals surface area contributed by atoms with E-state index in [1.807, 2.05) is 0 Å². The Hall–Kier alpha value is -1.42. The molecule has 0 spiro atoms. The van der Waals surface area contributed by atoms with E-state index in [0.717, 1.165) is 0 Å².